The van der Waals surface area contributed by atoms with Crippen molar-refractivity contribution in [2.75, 3.05) is 5.32 Å². The van der Waals surface area contributed by atoms with E-state index in [-0.39, 0.29) is 16.9 Å². The lowest BCUT2D eigenvalue weighted by Gasteiger charge is -2.08. The fraction of sp³-hybridized carbons (Fsp3) is 0.111. The molecule has 0 fully saturated rings. The highest BCUT2D eigenvalue weighted by molar-refractivity contribution is 6.30. The highest BCUT2D eigenvalue weighted by Gasteiger charge is 2.10. The number of amides is 1. The second kappa shape index (κ2) is 6.97. The number of benzene rings is 1. The molecule has 7 nitrogen and oxygen atoms in total. The average molecular weight is 371 g/mol. The number of pyridine rings is 1. The normalized spacial score (nSPS) is 11.2. The van der Waals surface area contributed by atoms with E-state index in [1.807, 2.05) is 6.07 Å². The maximum Gasteiger partial charge on any atom is 0.332 e. The summed E-state index contributed by atoms with van der Waals surface area (Å²) in [7, 11) is 2.92. The molecule has 0 aliphatic rings. The third-order valence-corrected chi connectivity index (χ3v) is 4.07. The number of carbonyl (C=O) groups excluding carboxylic acids is 1. The topological polar surface area (TPSA) is 86.0 Å². The fourth-order valence-electron chi connectivity index (χ4n) is 2.50. The van der Waals surface area contributed by atoms with Gasteiger partial charge < -0.3 is 5.32 Å². The smallest absolute Gasteiger partial charge is 0.321 e. The molecule has 26 heavy (non-hydrogen) atoms. The summed E-state index contributed by atoms with van der Waals surface area (Å²) >= 11 is 5.90. The molecule has 8 heteroatoms. The standard InChI is InChI=1S/C18H15ClN4O3/c1-22-16-14(17(25)23(2)18(22)26)9-13(10-20-16)21-15(24)7-6-11-4-3-5-12(19)8-11/h3-10H,1-2H3,(H,21,24)/b7-6+. The summed E-state index contributed by atoms with van der Waals surface area (Å²) in [5.74, 6) is -0.382. The first-order valence-corrected chi connectivity index (χ1v) is 8.05. The Kier molecular flexibility index (Phi) is 4.73. The minimum Gasteiger partial charge on any atom is -0.321 e. The summed E-state index contributed by atoms with van der Waals surface area (Å²) in [6.45, 7) is 0. The minimum absolute atomic E-state index is 0.242. The van der Waals surface area contributed by atoms with Gasteiger partial charge in [0.25, 0.3) is 5.56 Å². The van der Waals surface area contributed by atoms with Gasteiger partial charge in [-0.3, -0.25) is 18.7 Å². The SMILES string of the molecule is Cn1c(=O)c2cc(NC(=O)/C=C/c3cccc(Cl)c3)cnc2n(C)c1=O. The van der Waals surface area contributed by atoms with Crippen molar-refractivity contribution < 1.29 is 4.79 Å². The maximum absolute atomic E-state index is 12.3. The summed E-state index contributed by atoms with van der Waals surface area (Å²) in [4.78, 5) is 40.4. The van der Waals surface area contributed by atoms with Crippen molar-refractivity contribution >= 4 is 40.3 Å². The van der Waals surface area contributed by atoms with E-state index in [0.717, 1.165) is 10.1 Å². The maximum atomic E-state index is 12.3. The molecule has 0 aliphatic heterocycles. The summed E-state index contributed by atoms with van der Waals surface area (Å²) in [6.07, 6.45) is 4.37. The molecular weight excluding hydrogens is 356 g/mol. The monoisotopic (exact) mass is 370 g/mol. The zero-order valence-electron chi connectivity index (χ0n) is 14.1. The second-order valence-corrected chi connectivity index (χ2v) is 6.11. The van der Waals surface area contributed by atoms with E-state index < -0.39 is 11.2 Å². The van der Waals surface area contributed by atoms with E-state index in [9.17, 15) is 14.4 Å². The summed E-state index contributed by atoms with van der Waals surface area (Å²) in [5, 5.41) is 3.46. The third-order valence-electron chi connectivity index (χ3n) is 3.84. The highest BCUT2D eigenvalue weighted by atomic mass is 35.5. The van der Waals surface area contributed by atoms with Crippen molar-refractivity contribution in [1.29, 1.82) is 0 Å². The molecule has 0 spiro atoms. The Morgan fingerprint density at radius 1 is 1.19 bits per heavy atom. The summed E-state index contributed by atoms with van der Waals surface area (Å²) in [5.41, 5.74) is 0.463. The van der Waals surface area contributed by atoms with Crippen LogP contribution in [-0.4, -0.2) is 20.0 Å². The highest BCUT2D eigenvalue weighted by Crippen LogP contribution is 2.13. The fourth-order valence-corrected chi connectivity index (χ4v) is 2.70. The Labute approximate surface area is 153 Å². The van der Waals surface area contributed by atoms with Gasteiger partial charge in [0.15, 0.2) is 0 Å². The second-order valence-electron chi connectivity index (χ2n) is 5.68. The number of hydrogen-bond donors (Lipinski definition) is 1. The first-order chi connectivity index (χ1) is 12.4. The lowest BCUT2D eigenvalue weighted by Crippen LogP contribution is -2.37. The molecule has 132 valence electrons. The van der Waals surface area contributed by atoms with Crippen LogP contribution in [0.1, 0.15) is 5.56 Å². The largest absolute Gasteiger partial charge is 0.332 e. The van der Waals surface area contributed by atoms with Gasteiger partial charge in [0.2, 0.25) is 5.91 Å². The van der Waals surface area contributed by atoms with Crippen LogP contribution in [0.25, 0.3) is 17.1 Å². The molecule has 0 bridgehead atoms. The number of fused-ring (bicyclic) bond motifs is 1. The van der Waals surface area contributed by atoms with Crippen molar-refractivity contribution in [2.45, 2.75) is 0 Å². The van der Waals surface area contributed by atoms with Crippen LogP contribution in [0.4, 0.5) is 5.69 Å². The van der Waals surface area contributed by atoms with Crippen LogP contribution in [0.3, 0.4) is 0 Å². The van der Waals surface area contributed by atoms with Crippen LogP contribution in [0.2, 0.25) is 5.02 Å². The predicted molar refractivity (Wildman–Crippen MR) is 101 cm³/mol. The van der Waals surface area contributed by atoms with Gasteiger partial charge in [0.1, 0.15) is 5.65 Å². The molecule has 3 aromatic rings. The number of aryl methyl sites for hydroxylation is 1. The van der Waals surface area contributed by atoms with Gasteiger partial charge in [0, 0.05) is 25.2 Å². The van der Waals surface area contributed by atoms with Crippen LogP contribution < -0.4 is 16.6 Å². The molecule has 3 rings (SSSR count). The molecule has 2 aromatic heterocycles. The van der Waals surface area contributed by atoms with Gasteiger partial charge in [-0.15, -0.1) is 0 Å². The van der Waals surface area contributed by atoms with Gasteiger partial charge in [-0.25, -0.2) is 9.78 Å². The number of anilines is 1. The average Bonchev–Trinajstić information content (AvgIpc) is 2.63. The number of nitrogens with zero attached hydrogens (tertiary/aromatic N) is 3. The number of aromatic nitrogens is 3. The predicted octanol–water partition coefficient (Wildman–Crippen LogP) is 1.94. The van der Waals surface area contributed by atoms with Crippen LogP contribution in [0.5, 0.6) is 0 Å². The van der Waals surface area contributed by atoms with E-state index >= 15 is 0 Å². The van der Waals surface area contributed by atoms with Gasteiger partial charge in [-0.2, -0.15) is 0 Å². The van der Waals surface area contributed by atoms with Gasteiger partial charge in [-0.05, 0) is 29.8 Å². The first kappa shape index (κ1) is 17.6. The number of halogens is 1. The lowest BCUT2D eigenvalue weighted by atomic mass is 10.2. The quantitative estimate of drug-likeness (QED) is 0.714. The van der Waals surface area contributed by atoms with Crippen molar-refractivity contribution in [1.82, 2.24) is 14.1 Å². The number of carbonyl (C=O) groups is 1. The summed E-state index contributed by atoms with van der Waals surface area (Å²) < 4.78 is 2.27. The molecule has 0 unspecified atom stereocenters. The van der Waals surface area contributed by atoms with E-state index in [1.54, 1.807) is 24.3 Å². The van der Waals surface area contributed by atoms with Crippen molar-refractivity contribution in [3.05, 3.63) is 74.0 Å². The Bertz CT molecular complexity index is 1160. The van der Waals surface area contributed by atoms with Crippen LogP contribution >= 0.6 is 11.6 Å². The van der Waals surface area contributed by atoms with E-state index in [0.29, 0.717) is 10.7 Å². The van der Waals surface area contributed by atoms with E-state index in [2.05, 4.69) is 10.3 Å². The van der Waals surface area contributed by atoms with Crippen molar-refractivity contribution in [3.63, 3.8) is 0 Å². The van der Waals surface area contributed by atoms with Gasteiger partial charge in [0.05, 0.1) is 17.3 Å². The molecule has 1 aromatic carbocycles. The molecule has 0 atom stereocenters. The van der Waals surface area contributed by atoms with Gasteiger partial charge >= 0.3 is 5.69 Å². The zero-order chi connectivity index (χ0) is 18.8. The Morgan fingerprint density at radius 3 is 2.69 bits per heavy atom. The molecule has 0 radical (unpaired) electrons. The number of rotatable bonds is 3. The van der Waals surface area contributed by atoms with E-state index in [1.165, 1.54) is 37.0 Å². The van der Waals surface area contributed by atoms with Crippen molar-refractivity contribution in [2.24, 2.45) is 14.1 Å². The van der Waals surface area contributed by atoms with Crippen LogP contribution in [-0.2, 0) is 18.9 Å². The van der Waals surface area contributed by atoms with Gasteiger partial charge in [-0.1, -0.05) is 23.7 Å². The Balaban J connectivity index is 1.88. The number of hydrogen-bond acceptors (Lipinski definition) is 4. The Hall–Kier alpha value is -3.19. The molecule has 0 aliphatic carbocycles. The molecule has 0 saturated carbocycles. The van der Waals surface area contributed by atoms with Crippen molar-refractivity contribution in [3.8, 4) is 0 Å². The third kappa shape index (κ3) is 3.43. The Morgan fingerprint density at radius 2 is 1.96 bits per heavy atom. The minimum atomic E-state index is -0.471. The molecule has 1 N–H and O–H groups in total. The summed E-state index contributed by atoms with van der Waals surface area (Å²) in [6, 6.07) is 8.57. The molecular formula is C18H15ClN4O3. The molecule has 2 heterocycles. The first-order valence-electron chi connectivity index (χ1n) is 7.67. The number of nitrogens with one attached hydrogen (secondary N) is 1. The molecule has 0 saturated heterocycles. The zero-order valence-corrected chi connectivity index (χ0v) is 14.8. The van der Waals surface area contributed by atoms with E-state index in [4.69, 9.17) is 11.6 Å². The van der Waals surface area contributed by atoms with Crippen LogP contribution in [0.15, 0.2) is 52.2 Å². The lowest BCUT2D eigenvalue weighted by molar-refractivity contribution is -0.111. The molecule has 1 amide bonds. The van der Waals surface area contributed by atoms with Crippen LogP contribution in [0, 0.1) is 0 Å².